The third kappa shape index (κ3) is 6.33. The number of likely N-dealkylation sites (tertiary alicyclic amines) is 1. The predicted molar refractivity (Wildman–Crippen MR) is 165 cm³/mol. The molecule has 2 heterocycles. The lowest BCUT2D eigenvalue weighted by molar-refractivity contribution is -0.148. The van der Waals surface area contributed by atoms with Crippen LogP contribution in [0.15, 0.2) is 46.0 Å². The summed E-state index contributed by atoms with van der Waals surface area (Å²) in [5, 5.41) is 15.1. The number of urea groups is 1. The highest BCUT2D eigenvalue weighted by atomic mass is 35.5. The number of carbonyl (C=O) groups is 3. The Labute approximate surface area is 258 Å². The number of carbonyl (C=O) groups excluding carboxylic acids is 3. The Morgan fingerprint density at radius 2 is 1.73 bits per heavy atom. The number of halogens is 1. The lowest BCUT2D eigenvalue weighted by Crippen LogP contribution is -2.50. The van der Waals surface area contributed by atoms with Crippen LogP contribution in [0.2, 0.25) is 5.02 Å². The Balaban J connectivity index is 1.39. The summed E-state index contributed by atoms with van der Waals surface area (Å²) in [6.45, 7) is 4.15. The fraction of sp³-hybridized carbons (Fsp3) is 0.419. The number of hydrogen-bond acceptors (Lipinski definition) is 7. The minimum Gasteiger partial charge on any atom is -0.469 e. The van der Waals surface area contributed by atoms with E-state index in [1.807, 2.05) is 19.9 Å². The fourth-order valence-electron chi connectivity index (χ4n) is 5.60. The number of fused-ring (bicyclic) bond motifs is 1. The van der Waals surface area contributed by atoms with Crippen LogP contribution in [0.25, 0.3) is 10.9 Å². The lowest BCUT2D eigenvalue weighted by atomic mass is 9.88. The zero-order chi connectivity index (χ0) is 31.7. The lowest BCUT2D eigenvalue weighted by Gasteiger charge is -2.36. The van der Waals surface area contributed by atoms with E-state index in [1.54, 1.807) is 28.8 Å². The van der Waals surface area contributed by atoms with Crippen LogP contribution in [0.5, 0.6) is 0 Å². The van der Waals surface area contributed by atoms with Crippen molar-refractivity contribution < 1.29 is 19.1 Å². The van der Waals surface area contributed by atoms with Gasteiger partial charge < -0.3 is 20.3 Å². The van der Waals surface area contributed by atoms with Crippen LogP contribution >= 0.6 is 11.6 Å². The number of benzene rings is 2. The number of piperidine rings is 1. The molecule has 1 saturated heterocycles. The first-order valence-corrected chi connectivity index (χ1v) is 14.8. The van der Waals surface area contributed by atoms with E-state index in [4.69, 9.17) is 21.6 Å². The molecule has 5 rings (SSSR count). The van der Waals surface area contributed by atoms with Crippen LogP contribution in [0.1, 0.15) is 44.7 Å². The van der Waals surface area contributed by atoms with Gasteiger partial charge in [-0.3, -0.25) is 23.5 Å². The van der Waals surface area contributed by atoms with Gasteiger partial charge in [-0.25, -0.2) is 9.59 Å². The number of methoxy groups -OCH3 is 1. The summed E-state index contributed by atoms with van der Waals surface area (Å²) < 4.78 is 7.79. The molecule has 2 N–H and O–H groups in total. The van der Waals surface area contributed by atoms with Gasteiger partial charge in [0.15, 0.2) is 0 Å². The number of amides is 3. The van der Waals surface area contributed by atoms with Crippen molar-refractivity contribution in [3.8, 4) is 6.07 Å². The molecule has 2 aliphatic rings. The zero-order valence-corrected chi connectivity index (χ0v) is 25.4. The van der Waals surface area contributed by atoms with Crippen LogP contribution in [0.3, 0.4) is 0 Å². The second kappa shape index (κ2) is 12.5. The Hall–Kier alpha value is -4.63. The van der Waals surface area contributed by atoms with Gasteiger partial charge in [0.2, 0.25) is 5.91 Å². The summed E-state index contributed by atoms with van der Waals surface area (Å²) in [5.74, 6) is -2.16. The van der Waals surface area contributed by atoms with E-state index in [0.717, 1.165) is 12.8 Å². The van der Waals surface area contributed by atoms with Crippen molar-refractivity contribution >= 4 is 51.8 Å². The van der Waals surface area contributed by atoms with E-state index in [1.165, 1.54) is 28.7 Å². The maximum Gasteiger partial charge on any atom is 0.331 e. The second-order valence-electron chi connectivity index (χ2n) is 11.6. The standard InChI is InChI=1S/C31H33ClN6O6/c1-17(2)38-26-9-8-22(11-24(26)28(40)37(31(38)43)14-18-4-5-18)35-30(42)36-15-20(10-21(16-36)29(41)44-3)27(39)34-23-7-6-19(13-33)25(32)12-23/h6-9,11-12,17-18,20-21H,4-5,10,14-16H2,1-3H3,(H,34,39)(H,35,42). The first-order valence-electron chi connectivity index (χ1n) is 14.4. The molecular formula is C31H33ClN6O6. The Kier molecular flexibility index (Phi) is 8.78. The maximum absolute atomic E-state index is 13.5. The SMILES string of the molecule is COC(=O)C1CC(C(=O)Nc2ccc(C#N)c(Cl)c2)CN(C(=O)Nc2ccc3c(c2)c(=O)n(CC2CC2)c(=O)n3C(C)C)C1. The van der Waals surface area contributed by atoms with Crippen molar-refractivity contribution in [1.82, 2.24) is 14.0 Å². The Bertz CT molecular complexity index is 1800. The molecule has 1 aliphatic heterocycles. The Morgan fingerprint density at radius 1 is 1.05 bits per heavy atom. The van der Waals surface area contributed by atoms with Gasteiger partial charge in [0.05, 0.1) is 40.4 Å². The summed E-state index contributed by atoms with van der Waals surface area (Å²) >= 11 is 6.10. The molecule has 2 aromatic carbocycles. The number of nitrogens with one attached hydrogen (secondary N) is 2. The Morgan fingerprint density at radius 3 is 2.36 bits per heavy atom. The van der Waals surface area contributed by atoms with Gasteiger partial charge >= 0.3 is 17.7 Å². The molecule has 13 heteroatoms. The topological polar surface area (TPSA) is 156 Å². The van der Waals surface area contributed by atoms with Crippen LogP contribution in [0, 0.1) is 29.1 Å². The molecule has 2 atom stereocenters. The fourth-order valence-corrected chi connectivity index (χ4v) is 5.82. The molecular weight excluding hydrogens is 588 g/mol. The quantitative estimate of drug-likeness (QED) is 0.379. The average Bonchev–Trinajstić information content (AvgIpc) is 3.83. The van der Waals surface area contributed by atoms with Gasteiger partial charge in [0.1, 0.15) is 6.07 Å². The van der Waals surface area contributed by atoms with Crippen molar-refractivity contribution in [3.05, 3.63) is 67.8 Å². The summed E-state index contributed by atoms with van der Waals surface area (Å²) in [6.07, 6.45) is 2.12. The molecule has 3 amide bonds. The molecule has 2 fully saturated rings. The molecule has 3 aromatic rings. The normalized spacial score (nSPS) is 18.1. The summed E-state index contributed by atoms with van der Waals surface area (Å²) in [5.41, 5.74) is 0.685. The predicted octanol–water partition coefficient (Wildman–Crippen LogP) is 3.96. The minimum atomic E-state index is -0.750. The first kappa shape index (κ1) is 30.8. The molecule has 0 spiro atoms. The molecule has 1 aromatic heterocycles. The van der Waals surface area contributed by atoms with Crippen LogP contribution in [-0.2, 0) is 20.9 Å². The first-order chi connectivity index (χ1) is 21.0. The number of rotatable bonds is 7. The van der Waals surface area contributed by atoms with Crippen molar-refractivity contribution in [2.75, 3.05) is 30.8 Å². The van der Waals surface area contributed by atoms with Gasteiger partial charge in [0, 0.05) is 37.1 Å². The number of hydrogen-bond donors (Lipinski definition) is 2. The van der Waals surface area contributed by atoms with E-state index < -0.39 is 35.3 Å². The van der Waals surface area contributed by atoms with Crippen molar-refractivity contribution in [3.63, 3.8) is 0 Å². The third-order valence-electron chi connectivity index (χ3n) is 8.07. The van der Waals surface area contributed by atoms with Crippen molar-refractivity contribution in [2.45, 2.75) is 45.7 Å². The molecule has 0 radical (unpaired) electrons. The number of nitriles is 1. The molecule has 0 bridgehead atoms. The monoisotopic (exact) mass is 620 g/mol. The van der Waals surface area contributed by atoms with Gasteiger partial charge in [-0.05, 0) is 75.4 Å². The van der Waals surface area contributed by atoms with E-state index >= 15 is 0 Å². The molecule has 12 nitrogen and oxygen atoms in total. The molecule has 1 aliphatic carbocycles. The van der Waals surface area contributed by atoms with Crippen molar-refractivity contribution in [1.29, 1.82) is 5.26 Å². The highest BCUT2D eigenvalue weighted by Crippen LogP contribution is 2.30. The minimum absolute atomic E-state index is 0.0177. The zero-order valence-electron chi connectivity index (χ0n) is 24.6. The number of aromatic nitrogens is 2. The van der Waals surface area contributed by atoms with Crippen LogP contribution in [-0.4, -0.2) is 52.1 Å². The molecule has 230 valence electrons. The van der Waals surface area contributed by atoms with Gasteiger partial charge in [-0.15, -0.1) is 0 Å². The highest BCUT2D eigenvalue weighted by Gasteiger charge is 2.38. The summed E-state index contributed by atoms with van der Waals surface area (Å²) in [4.78, 5) is 67.2. The number of ether oxygens (including phenoxy) is 1. The molecule has 44 heavy (non-hydrogen) atoms. The largest absolute Gasteiger partial charge is 0.469 e. The number of nitrogens with zero attached hydrogens (tertiary/aromatic N) is 4. The van der Waals surface area contributed by atoms with Crippen molar-refractivity contribution in [2.24, 2.45) is 17.8 Å². The summed E-state index contributed by atoms with van der Waals surface area (Å²) in [6, 6.07) is 10.5. The second-order valence-corrected chi connectivity index (χ2v) is 12.0. The number of anilines is 2. The summed E-state index contributed by atoms with van der Waals surface area (Å²) in [7, 11) is 1.25. The molecule has 2 unspecified atom stereocenters. The third-order valence-corrected chi connectivity index (χ3v) is 8.39. The van der Waals surface area contributed by atoms with Crippen LogP contribution < -0.4 is 21.9 Å². The van der Waals surface area contributed by atoms with E-state index in [2.05, 4.69) is 10.6 Å². The number of esters is 1. The van der Waals surface area contributed by atoms with E-state index in [0.29, 0.717) is 34.7 Å². The van der Waals surface area contributed by atoms with E-state index in [-0.39, 0.29) is 41.8 Å². The smallest absolute Gasteiger partial charge is 0.331 e. The maximum atomic E-state index is 13.5. The highest BCUT2D eigenvalue weighted by molar-refractivity contribution is 6.32. The van der Waals surface area contributed by atoms with Gasteiger partial charge in [-0.2, -0.15) is 5.26 Å². The van der Waals surface area contributed by atoms with E-state index in [9.17, 15) is 24.0 Å². The van der Waals surface area contributed by atoms with Crippen LogP contribution in [0.4, 0.5) is 16.2 Å². The van der Waals surface area contributed by atoms with Gasteiger partial charge in [0.25, 0.3) is 5.56 Å². The van der Waals surface area contributed by atoms with Gasteiger partial charge in [-0.1, -0.05) is 11.6 Å². The average molecular weight is 621 g/mol. The molecule has 1 saturated carbocycles.